The molecule has 146 valence electrons. The highest BCUT2D eigenvalue weighted by atomic mass is 16.5. The number of ether oxygens (including phenoxy) is 1. The van der Waals surface area contributed by atoms with Crippen molar-refractivity contribution in [3.8, 4) is 11.4 Å². The Hall–Kier alpha value is -3.28. The van der Waals surface area contributed by atoms with Gasteiger partial charge in [-0.1, -0.05) is 38.5 Å². The largest absolute Gasteiger partial charge is 0.497 e. The number of aryl methyl sites for hydroxylation is 1. The van der Waals surface area contributed by atoms with Crippen LogP contribution in [0.3, 0.4) is 0 Å². The lowest BCUT2D eigenvalue weighted by Crippen LogP contribution is -2.14. The molecule has 0 aliphatic rings. The number of hydrogen-bond acceptors (Lipinski definition) is 4. The SMILES string of the molecule is COc1ccc(Nc2cc(C(C)(C)C)nn2-c2ccc(C)cc2)c(C(N)=O)c1. The third kappa shape index (κ3) is 4.01. The number of nitrogens with one attached hydrogen (secondary N) is 1. The van der Waals surface area contributed by atoms with E-state index in [9.17, 15) is 4.79 Å². The van der Waals surface area contributed by atoms with E-state index in [1.54, 1.807) is 25.3 Å². The van der Waals surface area contributed by atoms with Crippen LogP contribution in [-0.4, -0.2) is 22.8 Å². The van der Waals surface area contributed by atoms with Crippen molar-refractivity contribution in [1.29, 1.82) is 0 Å². The molecule has 3 rings (SSSR count). The lowest BCUT2D eigenvalue weighted by atomic mass is 9.92. The summed E-state index contributed by atoms with van der Waals surface area (Å²) in [5.74, 6) is 0.794. The lowest BCUT2D eigenvalue weighted by molar-refractivity contribution is 0.100. The topological polar surface area (TPSA) is 82.2 Å². The molecule has 2 aromatic carbocycles. The van der Waals surface area contributed by atoms with E-state index < -0.39 is 5.91 Å². The minimum Gasteiger partial charge on any atom is -0.497 e. The van der Waals surface area contributed by atoms with Gasteiger partial charge in [0.05, 0.1) is 29.7 Å². The van der Waals surface area contributed by atoms with E-state index in [-0.39, 0.29) is 5.41 Å². The number of benzene rings is 2. The Morgan fingerprint density at radius 2 is 1.79 bits per heavy atom. The van der Waals surface area contributed by atoms with Crippen LogP contribution in [0.5, 0.6) is 5.75 Å². The Labute approximate surface area is 165 Å². The van der Waals surface area contributed by atoms with Gasteiger partial charge >= 0.3 is 0 Å². The highest BCUT2D eigenvalue weighted by Gasteiger charge is 2.21. The van der Waals surface area contributed by atoms with Crippen LogP contribution in [0.4, 0.5) is 11.5 Å². The smallest absolute Gasteiger partial charge is 0.250 e. The summed E-state index contributed by atoms with van der Waals surface area (Å²) in [4.78, 5) is 11.9. The van der Waals surface area contributed by atoms with Gasteiger partial charge in [0.2, 0.25) is 0 Å². The van der Waals surface area contributed by atoms with Gasteiger partial charge in [-0.25, -0.2) is 4.68 Å². The highest BCUT2D eigenvalue weighted by Crippen LogP contribution is 2.30. The van der Waals surface area contributed by atoms with E-state index in [4.69, 9.17) is 15.6 Å². The Morgan fingerprint density at radius 3 is 2.36 bits per heavy atom. The van der Waals surface area contributed by atoms with Gasteiger partial charge in [-0.2, -0.15) is 5.10 Å². The molecular formula is C22H26N4O2. The van der Waals surface area contributed by atoms with E-state index in [1.807, 2.05) is 41.9 Å². The molecule has 0 unspecified atom stereocenters. The minimum absolute atomic E-state index is 0.126. The zero-order chi connectivity index (χ0) is 20.5. The summed E-state index contributed by atoms with van der Waals surface area (Å²) < 4.78 is 7.05. The fourth-order valence-electron chi connectivity index (χ4n) is 2.82. The molecule has 6 nitrogen and oxygen atoms in total. The van der Waals surface area contributed by atoms with Gasteiger partial charge in [0.1, 0.15) is 11.6 Å². The number of nitrogens with zero attached hydrogens (tertiary/aromatic N) is 2. The minimum atomic E-state index is -0.529. The number of amides is 1. The zero-order valence-corrected chi connectivity index (χ0v) is 16.9. The second kappa shape index (κ2) is 7.38. The number of carbonyl (C=O) groups is 1. The summed E-state index contributed by atoms with van der Waals surface area (Å²) in [7, 11) is 1.55. The summed E-state index contributed by atoms with van der Waals surface area (Å²) in [6, 6.07) is 15.3. The average molecular weight is 378 g/mol. The van der Waals surface area contributed by atoms with E-state index in [2.05, 4.69) is 26.1 Å². The third-order valence-corrected chi connectivity index (χ3v) is 4.51. The van der Waals surface area contributed by atoms with Crippen molar-refractivity contribution in [2.75, 3.05) is 12.4 Å². The number of rotatable bonds is 5. The molecule has 0 aliphatic heterocycles. The molecule has 0 spiro atoms. The fourth-order valence-corrected chi connectivity index (χ4v) is 2.82. The van der Waals surface area contributed by atoms with Gasteiger partial charge < -0.3 is 15.8 Å². The van der Waals surface area contributed by atoms with Crippen molar-refractivity contribution in [2.24, 2.45) is 5.73 Å². The lowest BCUT2D eigenvalue weighted by Gasteiger charge is -2.14. The number of carbonyl (C=O) groups excluding carboxylic acids is 1. The predicted octanol–water partition coefficient (Wildman–Crippen LogP) is 4.33. The molecular weight excluding hydrogens is 352 g/mol. The van der Waals surface area contributed by atoms with Crippen LogP contribution >= 0.6 is 0 Å². The Kier molecular flexibility index (Phi) is 5.14. The summed E-state index contributed by atoms with van der Waals surface area (Å²) >= 11 is 0. The molecule has 6 heteroatoms. The molecule has 0 atom stereocenters. The summed E-state index contributed by atoms with van der Waals surface area (Å²) in [5.41, 5.74) is 9.44. The molecule has 1 amide bonds. The zero-order valence-electron chi connectivity index (χ0n) is 16.9. The number of anilines is 2. The monoisotopic (exact) mass is 378 g/mol. The number of nitrogens with two attached hydrogens (primary N) is 1. The first kappa shape index (κ1) is 19.5. The van der Waals surface area contributed by atoms with E-state index in [1.165, 1.54) is 5.56 Å². The van der Waals surface area contributed by atoms with Crippen molar-refractivity contribution in [1.82, 2.24) is 9.78 Å². The number of aromatic nitrogens is 2. The molecule has 3 aromatic rings. The van der Waals surface area contributed by atoms with E-state index >= 15 is 0 Å². The Bertz CT molecular complexity index is 998. The first-order valence-electron chi connectivity index (χ1n) is 9.11. The van der Waals surface area contributed by atoms with Gasteiger partial charge in [-0.15, -0.1) is 0 Å². The van der Waals surface area contributed by atoms with Crippen LogP contribution in [0.1, 0.15) is 42.4 Å². The molecule has 0 fully saturated rings. The second-order valence-electron chi connectivity index (χ2n) is 7.81. The Balaban J connectivity index is 2.10. The van der Waals surface area contributed by atoms with Gasteiger partial charge in [0.25, 0.3) is 5.91 Å². The number of primary amides is 1. The fraction of sp³-hybridized carbons (Fsp3) is 0.273. The Morgan fingerprint density at radius 1 is 1.11 bits per heavy atom. The molecule has 28 heavy (non-hydrogen) atoms. The molecule has 0 aliphatic carbocycles. The normalized spacial score (nSPS) is 11.3. The number of methoxy groups -OCH3 is 1. The van der Waals surface area contributed by atoms with Crippen LogP contribution in [0.2, 0.25) is 0 Å². The third-order valence-electron chi connectivity index (χ3n) is 4.51. The van der Waals surface area contributed by atoms with Crippen LogP contribution < -0.4 is 15.8 Å². The highest BCUT2D eigenvalue weighted by molar-refractivity contribution is 5.99. The maximum absolute atomic E-state index is 11.9. The van der Waals surface area contributed by atoms with Gasteiger partial charge in [0, 0.05) is 11.5 Å². The standard InChI is InChI=1S/C22H26N4O2/c1-14-6-8-15(9-7-14)26-20(13-19(25-26)22(2,3)4)24-18-11-10-16(28-5)12-17(18)21(23)27/h6-13,24H,1-5H3,(H2,23,27). The maximum Gasteiger partial charge on any atom is 0.250 e. The second-order valence-corrected chi connectivity index (χ2v) is 7.81. The van der Waals surface area contributed by atoms with Crippen molar-refractivity contribution >= 4 is 17.4 Å². The number of hydrogen-bond donors (Lipinski definition) is 2. The van der Waals surface area contributed by atoms with E-state index in [0.29, 0.717) is 17.0 Å². The summed E-state index contributed by atoms with van der Waals surface area (Å²) in [6.07, 6.45) is 0. The maximum atomic E-state index is 11.9. The first-order chi connectivity index (χ1) is 13.2. The molecule has 1 heterocycles. The molecule has 0 radical (unpaired) electrons. The van der Waals surface area contributed by atoms with E-state index in [0.717, 1.165) is 17.2 Å². The van der Waals surface area contributed by atoms with Crippen LogP contribution in [0.15, 0.2) is 48.5 Å². The predicted molar refractivity (Wildman–Crippen MR) is 112 cm³/mol. The first-order valence-corrected chi connectivity index (χ1v) is 9.11. The van der Waals surface area contributed by atoms with Gasteiger partial charge in [0.15, 0.2) is 0 Å². The average Bonchev–Trinajstić information content (AvgIpc) is 3.07. The molecule has 0 saturated carbocycles. The summed E-state index contributed by atoms with van der Waals surface area (Å²) in [6.45, 7) is 8.38. The van der Waals surface area contributed by atoms with Crippen LogP contribution in [0.25, 0.3) is 5.69 Å². The van der Waals surface area contributed by atoms with Crippen LogP contribution in [0, 0.1) is 6.92 Å². The van der Waals surface area contributed by atoms with Crippen molar-refractivity contribution in [3.63, 3.8) is 0 Å². The van der Waals surface area contributed by atoms with Crippen LogP contribution in [-0.2, 0) is 5.41 Å². The van der Waals surface area contributed by atoms with Crippen molar-refractivity contribution in [2.45, 2.75) is 33.1 Å². The quantitative estimate of drug-likeness (QED) is 0.692. The molecule has 1 aromatic heterocycles. The van der Waals surface area contributed by atoms with Crippen molar-refractivity contribution in [3.05, 3.63) is 65.4 Å². The van der Waals surface area contributed by atoms with Crippen molar-refractivity contribution < 1.29 is 9.53 Å². The van der Waals surface area contributed by atoms with Gasteiger partial charge in [-0.3, -0.25) is 4.79 Å². The molecule has 3 N–H and O–H groups in total. The molecule has 0 saturated heterocycles. The molecule has 0 bridgehead atoms. The van der Waals surface area contributed by atoms with Gasteiger partial charge in [-0.05, 0) is 37.3 Å². The summed E-state index contributed by atoms with van der Waals surface area (Å²) in [5, 5.41) is 8.12.